The topological polar surface area (TPSA) is 86.8 Å². The Morgan fingerprint density at radius 1 is 1.45 bits per heavy atom. The number of nitrogens with zero attached hydrogens (tertiary/aromatic N) is 1. The molecule has 1 aromatic carbocycles. The van der Waals surface area contributed by atoms with Gasteiger partial charge in [0.05, 0.1) is 18.7 Å². The van der Waals surface area contributed by atoms with Gasteiger partial charge >= 0.3 is 0 Å². The lowest BCUT2D eigenvalue weighted by atomic mass is 10.0. The zero-order chi connectivity index (χ0) is 14.7. The molecule has 1 aromatic rings. The van der Waals surface area contributed by atoms with Crippen molar-refractivity contribution in [3.63, 3.8) is 0 Å². The summed E-state index contributed by atoms with van der Waals surface area (Å²) in [6, 6.07) is 5.96. The Morgan fingerprint density at radius 3 is 2.70 bits per heavy atom. The highest BCUT2D eigenvalue weighted by Gasteiger charge is 2.35. The molecule has 20 heavy (non-hydrogen) atoms. The van der Waals surface area contributed by atoms with Crippen molar-refractivity contribution in [2.45, 2.75) is 31.8 Å². The van der Waals surface area contributed by atoms with Gasteiger partial charge in [0.15, 0.2) is 0 Å². The van der Waals surface area contributed by atoms with E-state index in [-0.39, 0.29) is 24.3 Å². The van der Waals surface area contributed by atoms with Crippen LogP contribution >= 0.6 is 0 Å². The van der Waals surface area contributed by atoms with Crippen molar-refractivity contribution in [2.75, 3.05) is 13.2 Å². The molecule has 1 heterocycles. The van der Waals surface area contributed by atoms with Crippen LogP contribution in [0, 0.1) is 5.92 Å². The number of amides is 1. The molecule has 5 nitrogen and oxygen atoms in total. The van der Waals surface area contributed by atoms with Crippen molar-refractivity contribution < 1.29 is 15.0 Å². The van der Waals surface area contributed by atoms with Gasteiger partial charge in [0.1, 0.15) is 5.75 Å². The van der Waals surface area contributed by atoms with Crippen LogP contribution in [-0.4, -0.2) is 46.3 Å². The van der Waals surface area contributed by atoms with Gasteiger partial charge in [-0.05, 0) is 36.5 Å². The molecule has 110 valence electrons. The average Bonchev–Trinajstić information content (AvgIpc) is 2.81. The molecule has 2 unspecified atom stereocenters. The minimum absolute atomic E-state index is 0.0150. The molecular formula is C15H22N2O3. The number of benzene rings is 1. The first-order valence-electron chi connectivity index (χ1n) is 6.97. The third-order valence-electron chi connectivity index (χ3n) is 4.06. The molecule has 5 heteroatoms. The summed E-state index contributed by atoms with van der Waals surface area (Å²) in [5, 5.41) is 18.6. The molecule has 4 N–H and O–H groups in total. The summed E-state index contributed by atoms with van der Waals surface area (Å²) in [4.78, 5) is 14.1. The third kappa shape index (κ3) is 3.11. The van der Waals surface area contributed by atoms with E-state index in [9.17, 15) is 15.0 Å². The number of aliphatic hydroxyl groups excluding tert-OH is 1. The van der Waals surface area contributed by atoms with E-state index < -0.39 is 6.04 Å². The van der Waals surface area contributed by atoms with Crippen molar-refractivity contribution in [2.24, 2.45) is 11.7 Å². The van der Waals surface area contributed by atoms with Gasteiger partial charge in [-0.1, -0.05) is 19.1 Å². The quantitative estimate of drug-likeness (QED) is 0.748. The van der Waals surface area contributed by atoms with Gasteiger partial charge in [0, 0.05) is 6.54 Å². The van der Waals surface area contributed by atoms with E-state index in [1.54, 1.807) is 29.2 Å². The highest BCUT2D eigenvalue weighted by Crippen LogP contribution is 2.24. The first-order chi connectivity index (χ1) is 9.52. The van der Waals surface area contributed by atoms with Gasteiger partial charge in [0.2, 0.25) is 5.91 Å². The van der Waals surface area contributed by atoms with E-state index in [1.165, 1.54) is 0 Å². The summed E-state index contributed by atoms with van der Waals surface area (Å²) in [6.07, 6.45) is 1.34. The lowest BCUT2D eigenvalue weighted by Gasteiger charge is -2.27. The van der Waals surface area contributed by atoms with Crippen molar-refractivity contribution in [1.29, 1.82) is 0 Å². The highest BCUT2D eigenvalue weighted by molar-refractivity contribution is 5.82. The van der Waals surface area contributed by atoms with Crippen LogP contribution in [0.4, 0.5) is 0 Å². The van der Waals surface area contributed by atoms with E-state index >= 15 is 0 Å². The van der Waals surface area contributed by atoms with Crippen LogP contribution in [0.2, 0.25) is 0 Å². The maximum Gasteiger partial charge on any atom is 0.240 e. The third-order valence-corrected chi connectivity index (χ3v) is 4.06. The first-order valence-corrected chi connectivity index (χ1v) is 6.97. The standard InChI is InChI=1S/C15H22N2O3/c1-10-6-7-17(14(10)9-18)15(20)13(16)8-11-2-4-12(19)5-3-11/h2-5,10,13-14,18-19H,6-9,16H2,1H3/t10?,13-,14?/m1/s1. The fraction of sp³-hybridized carbons (Fsp3) is 0.533. The Labute approximate surface area is 119 Å². The number of carbonyl (C=O) groups excluding carboxylic acids is 1. The minimum Gasteiger partial charge on any atom is -0.508 e. The molecule has 0 radical (unpaired) electrons. The van der Waals surface area contributed by atoms with Gasteiger partial charge < -0.3 is 20.8 Å². The number of aromatic hydroxyl groups is 1. The molecule has 0 spiro atoms. The molecule has 0 saturated carbocycles. The molecule has 1 fully saturated rings. The zero-order valence-corrected chi connectivity index (χ0v) is 11.7. The minimum atomic E-state index is -0.612. The van der Waals surface area contributed by atoms with Gasteiger partial charge in [-0.15, -0.1) is 0 Å². The van der Waals surface area contributed by atoms with Crippen molar-refractivity contribution in [3.8, 4) is 5.75 Å². The fourth-order valence-corrected chi connectivity index (χ4v) is 2.75. The Kier molecular flexibility index (Phi) is 4.62. The summed E-state index contributed by atoms with van der Waals surface area (Å²) in [6.45, 7) is 2.69. The monoisotopic (exact) mass is 278 g/mol. The Bertz CT molecular complexity index is 461. The number of hydrogen-bond acceptors (Lipinski definition) is 4. The van der Waals surface area contributed by atoms with Gasteiger partial charge in [-0.3, -0.25) is 4.79 Å². The normalized spacial score (nSPS) is 23.9. The molecule has 0 bridgehead atoms. The summed E-state index contributed by atoms with van der Waals surface area (Å²) in [5.41, 5.74) is 6.91. The van der Waals surface area contributed by atoms with Crippen molar-refractivity contribution >= 4 is 5.91 Å². The van der Waals surface area contributed by atoms with Crippen LogP contribution in [-0.2, 0) is 11.2 Å². The Hall–Kier alpha value is -1.59. The fourth-order valence-electron chi connectivity index (χ4n) is 2.75. The number of likely N-dealkylation sites (tertiary alicyclic amines) is 1. The largest absolute Gasteiger partial charge is 0.508 e. The van der Waals surface area contributed by atoms with Crippen LogP contribution in [0.5, 0.6) is 5.75 Å². The summed E-state index contributed by atoms with van der Waals surface area (Å²) in [7, 11) is 0. The highest BCUT2D eigenvalue weighted by atomic mass is 16.3. The Morgan fingerprint density at radius 2 is 2.10 bits per heavy atom. The van der Waals surface area contributed by atoms with Gasteiger partial charge in [0.25, 0.3) is 0 Å². The number of phenolic OH excluding ortho intramolecular Hbond substituents is 1. The molecular weight excluding hydrogens is 256 g/mol. The van der Waals surface area contributed by atoms with Gasteiger partial charge in [-0.2, -0.15) is 0 Å². The van der Waals surface area contributed by atoms with Crippen molar-refractivity contribution in [1.82, 2.24) is 4.90 Å². The molecule has 2 rings (SSSR count). The van der Waals surface area contributed by atoms with Crippen LogP contribution in [0.1, 0.15) is 18.9 Å². The SMILES string of the molecule is CC1CCN(C(=O)[C@H](N)Cc2ccc(O)cc2)C1CO. The molecule has 1 amide bonds. The number of rotatable bonds is 4. The summed E-state index contributed by atoms with van der Waals surface area (Å²) in [5.74, 6) is 0.397. The maximum atomic E-state index is 12.4. The number of aliphatic hydroxyl groups is 1. The summed E-state index contributed by atoms with van der Waals surface area (Å²) >= 11 is 0. The number of carbonyl (C=O) groups is 1. The smallest absolute Gasteiger partial charge is 0.240 e. The van der Waals surface area contributed by atoms with E-state index in [1.807, 2.05) is 6.92 Å². The lowest BCUT2D eigenvalue weighted by molar-refractivity contribution is -0.134. The van der Waals surface area contributed by atoms with Crippen molar-refractivity contribution in [3.05, 3.63) is 29.8 Å². The molecule has 0 aromatic heterocycles. The first kappa shape index (κ1) is 14.8. The van der Waals surface area contributed by atoms with E-state index in [4.69, 9.17) is 5.73 Å². The second-order valence-corrected chi connectivity index (χ2v) is 5.52. The van der Waals surface area contributed by atoms with Crippen LogP contribution in [0.3, 0.4) is 0 Å². The average molecular weight is 278 g/mol. The second-order valence-electron chi connectivity index (χ2n) is 5.52. The predicted octanol–water partition coefficient (Wildman–Crippen LogP) is 0.491. The zero-order valence-electron chi connectivity index (χ0n) is 11.7. The summed E-state index contributed by atoms with van der Waals surface area (Å²) < 4.78 is 0. The van der Waals surface area contributed by atoms with E-state index in [2.05, 4.69) is 0 Å². The van der Waals surface area contributed by atoms with E-state index in [0.717, 1.165) is 12.0 Å². The van der Waals surface area contributed by atoms with E-state index in [0.29, 0.717) is 18.9 Å². The maximum absolute atomic E-state index is 12.4. The molecule has 1 aliphatic heterocycles. The lowest BCUT2D eigenvalue weighted by Crippen LogP contribution is -2.48. The molecule has 0 aliphatic carbocycles. The Balaban J connectivity index is 2.00. The molecule has 1 saturated heterocycles. The number of phenols is 1. The predicted molar refractivity (Wildman–Crippen MR) is 76.2 cm³/mol. The molecule has 3 atom stereocenters. The number of nitrogens with two attached hydrogens (primary N) is 1. The molecule has 1 aliphatic rings. The van der Waals surface area contributed by atoms with Crippen LogP contribution in [0.15, 0.2) is 24.3 Å². The van der Waals surface area contributed by atoms with Gasteiger partial charge in [-0.25, -0.2) is 0 Å². The van der Waals surface area contributed by atoms with Crippen LogP contribution in [0.25, 0.3) is 0 Å². The number of hydrogen-bond donors (Lipinski definition) is 3. The van der Waals surface area contributed by atoms with Crippen LogP contribution < -0.4 is 5.73 Å². The second kappa shape index (κ2) is 6.24.